The molecule has 0 spiro atoms. The van der Waals surface area contributed by atoms with Crippen LogP contribution in [0.15, 0.2) is 0 Å². The van der Waals surface area contributed by atoms with Gasteiger partial charge in [-0.15, -0.1) is 0 Å². The Kier molecular flexibility index (Phi) is 7.43. The quantitative estimate of drug-likeness (QED) is 0.200. The van der Waals surface area contributed by atoms with Crippen LogP contribution in [0.4, 0.5) is 0 Å². The zero-order chi connectivity index (χ0) is 14.5. The molecule has 0 saturated heterocycles. The summed E-state index contributed by atoms with van der Waals surface area (Å²) in [6.07, 6.45) is -14.3. The first-order valence-corrected chi connectivity index (χ1v) is 5.10. The summed E-state index contributed by atoms with van der Waals surface area (Å²) >= 11 is 0. The van der Waals surface area contributed by atoms with E-state index < -0.39 is 49.3 Å². The maximum Gasteiger partial charge on any atom is 0.151 e. The second kappa shape index (κ2) is 7.71. The van der Waals surface area contributed by atoms with Crippen molar-refractivity contribution in [1.29, 1.82) is 0 Å². The summed E-state index contributed by atoms with van der Waals surface area (Å²) < 4.78 is 0. The van der Waals surface area contributed by atoms with E-state index in [1.807, 2.05) is 0 Å². The molecule has 0 amide bonds. The molecule has 0 radical (unpaired) electrons. The molecule has 0 aliphatic carbocycles. The number of aliphatic hydroxyl groups is 8. The number of aldehydes is 1. The molecule has 0 saturated carbocycles. The average Bonchev–Trinajstić information content (AvgIpc) is 2.40. The maximum absolute atomic E-state index is 10.1. The van der Waals surface area contributed by atoms with Crippen molar-refractivity contribution in [2.45, 2.75) is 42.7 Å². The van der Waals surface area contributed by atoms with E-state index in [9.17, 15) is 30.3 Å². The summed E-state index contributed by atoms with van der Waals surface area (Å²) in [4.78, 5) is 10.1. The average molecular weight is 270 g/mol. The Balaban J connectivity index is 4.62. The van der Waals surface area contributed by atoms with E-state index in [0.29, 0.717) is 0 Å². The molecule has 0 aliphatic rings. The van der Waals surface area contributed by atoms with Crippen LogP contribution in [-0.4, -0.2) is 96.5 Å². The monoisotopic (exact) mass is 270 g/mol. The molecule has 18 heavy (non-hydrogen) atoms. The number of carbonyl (C=O) groups excluding carboxylic acids is 1. The summed E-state index contributed by atoms with van der Waals surface area (Å²) in [7, 11) is 0. The highest BCUT2D eigenvalue weighted by Gasteiger charge is 2.38. The molecule has 9 heteroatoms. The lowest BCUT2D eigenvalue weighted by atomic mass is 9.95. The highest BCUT2D eigenvalue weighted by atomic mass is 16.4. The van der Waals surface area contributed by atoms with Crippen molar-refractivity contribution in [3.63, 3.8) is 0 Å². The van der Waals surface area contributed by atoms with Crippen molar-refractivity contribution >= 4 is 6.29 Å². The standard InChI is InChI=1S/C9H18O9/c10-1-3(12)5(14)7(16)9(18)8(17)6(15)4(13)2-11/h1,3-9,11-18H,2H2/t3-,4+,5+,6+,7+,8+,9-/m0/s1. The van der Waals surface area contributed by atoms with Gasteiger partial charge in [-0.25, -0.2) is 0 Å². The van der Waals surface area contributed by atoms with E-state index in [1.165, 1.54) is 0 Å². The van der Waals surface area contributed by atoms with Crippen molar-refractivity contribution in [2.24, 2.45) is 0 Å². The number of aliphatic hydroxyl groups excluding tert-OH is 8. The highest BCUT2D eigenvalue weighted by molar-refractivity contribution is 5.56. The maximum atomic E-state index is 10.1. The van der Waals surface area contributed by atoms with Gasteiger partial charge in [-0.05, 0) is 0 Å². The molecule has 0 fully saturated rings. The predicted molar refractivity (Wildman–Crippen MR) is 55.2 cm³/mol. The van der Waals surface area contributed by atoms with Crippen LogP contribution >= 0.6 is 0 Å². The van der Waals surface area contributed by atoms with Crippen molar-refractivity contribution in [3.8, 4) is 0 Å². The first-order valence-electron chi connectivity index (χ1n) is 5.10. The van der Waals surface area contributed by atoms with Crippen molar-refractivity contribution in [1.82, 2.24) is 0 Å². The lowest BCUT2D eigenvalue weighted by Crippen LogP contribution is -2.55. The minimum atomic E-state index is -2.15. The van der Waals surface area contributed by atoms with Gasteiger partial charge in [-0.2, -0.15) is 0 Å². The molecule has 8 N–H and O–H groups in total. The van der Waals surface area contributed by atoms with Gasteiger partial charge in [0.05, 0.1) is 6.61 Å². The highest BCUT2D eigenvalue weighted by Crippen LogP contribution is 2.12. The van der Waals surface area contributed by atoms with Crippen molar-refractivity contribution in [3.05, 3.63) is 0 Å². The smallest absolute Gasteiger partial charge is 0.151 e. The molecule has 0 aromatic heterocycles. The van der Waals surface area contributed by atoms with Gasteiger partial charge in [0, 0.05) is 0 Å². The predicted octanol–water partition coefficient (Wildman–Crippen LogP) is -5.30. The van der Waals surface area contributed by atoms with Crippen LogP contribution in [0.1, 0.15) is 0 Å². The molecule has 0 bridgehead atoms. The van der Waals surface area contributed by atoms with Gasteiger partial charge in [0.2, 0.25) is 0 Å². The first-order chi connectivity index (χ1) is 8.27. The Hall–Kier alpha value is -0.650. The second-order valence-corrected chi connectivity index (χ2v) is 3.83. The summed E-state index contributed by atoms with van der Waals surface area (Å²) in [5, 5.41) is 72.9. The first kappa shape index (κ1) is 17.4. The number of hydrogen-bond donors (Lipinski definition) is 8. The summed E-state index contributed by atoms with van der Waals surface area (Å²) in [5.41, 5.74) is 0. The van der Waals surface area contributed by atoms with Gasteiger partial charge in [0.1, 0.15) is 42.7 Å². The van der Waals surface area contributed by atoms with Gasteiger partial charge in [-0.3, -0.25) is 0 Å². The van der Waals surface area contributed by atoms with Crippen LogP contribution in [0.3, 0.4) is 0 Å². The van der Waals surface area contributed by atoms with Crippen LogP contribution in [0, 0.1) is 0 Å². The van der Waals surface area contributed by atoms with E-state index >= 15 is 0 Å². The van der Waals surface area contributed by atoms with E-state index in [2.05, 4.69) is 0 Å². The van der Waals surface area contributed by atoms with Crippen LogP contribution in [0.25, 0.3) is 0 Å². The van der Waals surface area contributed by atoms with Crippen LogP contribution in [-0.2, 0) is 4.79 Å². The molecule has 0 aromatic rings. The Labute approximate surface area is 102 Å². The second-order valence-electron chi connectivity index (χ2n) is 3.83. The summed E-state index contributed by atoms with van der Waals surface area (Å²) in [6.45, 7) is -0.902. The van der Waals surface area contributed by atoms with Crippen molar-refractivity contribution in [2.75, 3.05) is 6.61 Å². The third-order valence-corrected chi connectivity index (χ3v) is 2.47. The molecule has 0 unspecified atom stereocenters. The third kappa shape index (κ3) is 4.23. The summed E-state index contributed by atoms with van der Waals surface area (Å²) in [6, 6.07) is 0. The van der Waals surface area contributed by atoms with Crippen LogP contribution in [0.5, 0.6) is 0 Å². The third-order valence-electron chi connectivity index (χ3n) is 2.47. The minimum Gasteiger partial charge on any atom is -0.394 e. The van der Waals surface area contributed by atoms with Gasteiger partial charge < -0.3 is 45.6 Å². The fourth-order valence-electron chi connectivity index (χ4n) is 1.22. The lowest BCUT2D eigenvalue weighted by molar-refractivity contribution is -0.170. The van der Waals surface area contributed by atoms with Crippen LogP contribution < -0.4 is 0 Å². The van der Waals surface area contributed by atoms with E-state index in [0.717, 1.165) is 0 Å². The Morgan fingerprint density at radius 1 is 0.722 bits per heavy atom. The SMILES string of the molecule is O=C[C@H](O)[C@@H](O)[C@@H](O)[C@H](O)[C@H](O)[C@H](O)[C@H](O)CO. The minimum absolute atomic E-state index is 0.0913. The van der Waals surface area contributed by atoms with E-state index in [-0.39, 0.29) is 6.29 Å². The molecular formula is C9H18O9. The Bertz CT molecular complexity index is 248. The van der Waals surface area contributed by atoms with Crippen molar-refractivity contribution < 1.29 is 45.6 Å². The zero-order valence-corrected chi connectivity index (χ0v) is 9.31. The Morgan fingerprint density at radius 2 is 1.11 bits per heavy atom. The fraction of sp³-hybridized carbons (Fsp3) is 0.889. The number of carbonyl (C=O) groups is 1. The number of rotatable bonds is 8. The molecule has 108 valence electrons. The van der Waals surface area contributed by atoms with Gasteiger partial charge >= 0.3 is 0 Å². The molecule has 9 nitrogen and oxygen atoms in total. The van der Waals surface area contributed by atoms with Gasteiger partial charge in [0.25, 0.3) is 0 Å². The molecule has 0 aromatic carbocycles. The lowest BCUT2D eigenvalue weighted by Gasteiger charge is -2.31. The van der Waals surface area contributed by atoms with Gasteiger partial charge in [-0.1, -0.05) is 0 Å². The largest absolute Gasteiger partial charge is 0.394 e. The van der Waals surface area contributed by atoms with E-state index in [4.69, 9.17) is 15.3 Å². The zero-order valence-electron chi connectivity index (χ0n) is 9.31. The molecule has 7 atom stereocenters. The Morgan fingerprint density at radius 3 is 1.50 bits per heavy atom. The van der Waals surface area contributed by atoms with Crippen LogP contribution in [0.2, 0.25) is 0 Å². The summed E-state index contributed by atoms with van der Waals surface area (Å²) in [5.74, 6) is 0. The fourth-order valence-corrected chi connectivity index (χ4v) is 1.22. The number of hydrogen-bond acceptors (Lipinski definition) is 9. The molecule has 0 rings (SSSR count). The molecular weight excluding hydrogens is 252 g/mol. The van der Waals surface area contributed by atoms with Gasteiger partial charge in [0.15, 0.2) is 6.29 Å². The molecule has 0 heterocycles. The molecule has 0 aliphatic heterocycles. The van der Waals surface area contributed by atoms with E-state index in [1.54, 1.807) is 0 Å². The normalized spacial score (nSPS) is 23.6. The topological polar surface area (TPSA) is 179 Å².